The van der Waals surface area contributed by atoms with Crippen molar-refractivity contribution in [3.8, 4) is 0 Å². The Kier molecular flexibility index (Phi) is 2.83. The van der Waals surface area contributed by atoms with Crippen molar-refractivity contribution < 1.29 is 18.4 Å². The number of aliphatic imine (C=N–C) groups is 1. The van der Waals surface area contributed by atoms with Crippen LogP contribution in [0, 0.1) is 0 Å². The van der Waals surface area contributed by atoms with E-state index in [4.69, 9.17) is 0 Å². The summed E-state index contributed by atoms with van der Waals surface area (Å²) in [5.74, 6) is -4.25. The van der Waals surface area contributed by atoms with Crippen LogP contribution < -0.4 is 0 Å². The van der Waals surface area contributed by atoms with Gasteiger partial charge in [0.15, 0.2) is 0 Å². The van der Waals surface area contributed by atoms with Crippen LogP contribution >= 0.6 is 0 Å². The second kappa shape index (κ2) is 3.17. The minimum atomic E-state index is -3.10. The highest BCUT2D eigenvalue weighted by Crippen LogP contribution is 2.16. The van der Waals surface area contributed by atoms with E-state index in [0.29, 0.717) is 6.92 Å². The summed E-state index contributed by atoms with van der Waals surface area (Å²) < 4.78 is 23.8. The highest BCUT2D eigenvalue weighted by Gasteiger charge is 2.25. The normalized spacial score (nSPS) is 10.3. The number of halogens is 2. The van der Waals surface area contributed by atoms with Crippen LogP contribution in [0.4, 0.5) is 8.78 Å². The number of hydrogen-bond donors (Lipinski definition) is 0. The molecule has 10 heavy (non-hydrogen) atoms. The van der Waals surface area contributed by atoms with Crippen molar-refractivity contribution in [2.75, 3.05) is 0 Å². The highest BCUT2D eigenvalue weighted by molar-refractivity contribution is 5.81. The zero-order chi connectivity index (χ0) is 8.20. The van der Waals surface area contributed by atoms with Gasteiger partial charge in [-0.3, -0.25) is 4.79 Å². The second-order valence-electron chi connectivity index (χ2n) is 1.84. The molecule has 0 aliphatic heterocycles. The number of carbonyl (C=O) groups excluding carboxylic acids is 2. The lowest BCUT2D eigenvalue weighted by Gasteiger charge is -2.03. The maximum Gasteiger partial charge on any atom is 0.262 e. The number of alkyl halides is 2. The van der Waals surface area contributed by atoms with Crippen molar-refractivity contribution in [2.24, 2.45) is 4.99 Å². The van der Waals surface area contributed by atoms with Gasteiger partial charge in [0.05, 0.1) is 6.42 Å². The summed E-state index contributed by atoms with van der Waals surface area (Å²) in [6.07, 6.45) is -0.157. The van der Waals surface area contributed by atoms with Crippen molar-refractivity contribution in [2.45, 2.75) is 19.3 Å². The lowest BCUT2D eigenvalue weighted by atomic mass is 10.3. The zero-order valence-corrected chi connectivity index (χ0v) is 5.23. The molecule has 1 amide bonds. The molecule has 0 radical (unpaired) electrons. The molecule has 3 nitrogen and oxygen atoms in total. The first-order valence-corrected chi connectivity index (χ1v) is 2.44. The molecule has 0 spiro atoms. The van der Waals surface area contributed by atoms with Crippen LogP contribution in [-0.4, -0.2) is 17.9 Å². The summed E-state index contributed by atoms with van der Waals surface area (Å²) in [6.45, 7) is 0.575. The van der Waals surface area contributed by atoms with Crippen molar-refractivity contribution >= 4 is 12.0 Å². The molecular formula is C5H5F2NO2. The summed E-state index contributed by atoms with van der Waals surface area (Å²) in [7, 11) is 0. The van der Waals surface area contributed by atoms with Crippen molar-refractivity contribution in [3.63, 3.8) is 0 Å². The molecule has 0 aliphatic carbocycles. The van der Waals surface area contributed by atoms with Crippen LogP contribution in [0.25, 0.3) is 0 Å². The van der Waals surface area contributed by atoms with Gasteiger partial charge in [-0.15, -0.1) is 4.99 Å². The molecule has 0 rings (SSSR count). The number of carbonyl (C=O) groups is 1. The third-order valence-corrected chi connectivity index (χ3v) is 0.632. The molecule has 0 aromatic heterocycles. The minimum absolute atomic E-state index is 0.575. The first-order valence-electron chi connectivity index (χ1n) is 2.44. The number of hydrogen-bond acceptors (Lipinski definition) is 2. The van der Waals surface area contributed by atoms with E-state index in [2.05, 4.69) is 4.99 Å². The Morgan fingerprint density at radius 3 is 2.50 bits per heavy atom. The Balaban J connectivity index is 3.92. The number of rotatable bonds is 2. The summed E-state index contributed by atoms with van der Waals surface area (Å²) in [5, 5.41) is 0. The highest BCUT2D eigenvalue weighted by atomic mass is 19.3. The predicted molar refractivity (Wildman–Crippen MR) is 28.4 cm³/mol. The third-order valence-electron chi connectivity index (χ3n) is 0.632. The van der Waals surface area contributed by atoms with E-state index >= 15 is 0 Å². The standard InChI is InChI=1S/C5H5F2NO2/c1-5(6,7)2-4(10)8-3-9/h2H2,1H3. The van der Waals surface area contributed by atoms with Crippen molar-refractivity contribution in [1.82, 2.24) is 0 Å². The Morgan fingerprint density at radius 2 is 2.20 bits per heavy atom. The fraction of sp³-hybridized carbons (Fsp3) is 0.600. The van der Waals surface area contributed by atoms with E-state index in [0.717, 1.165) is 6.08 Å². The fourth-order valence-corrected chi connectivity index (χ4v) is 0.356. The van der Waals surface area contributed by atoms with Crippen LogP contribution in [0.2, 0.25) is 0 Å². The molecule has 5 heteroatoms. The molecule has 0 unspecified atom stereocenters. The molecule has 0 aromatic rings. The van der Waals surface area contributed by atoms with Crippen LogP contribution in [0.15, 0.2) is 4.99 Å². The van der Waals surface area contributed by atoms with Crippen LogP contribution in [0.3, 0.4) is 0 Å². The molecule has 0 fully saturated rings. The Labute approximate surface area is 55.7 Å². The van der Waals surface area contributed by atoms with Crippen LogP contribution in [0.5, 0.6) is 0 Å². The van der Waals surface area contributed by atoms with Gasteiger partial charge >= 0.3 is 0 Å². The molecule has 0 heterocycles. The number of amides is 1. The smallest absolute Gasteiger partial charge is 0.262 e. The molecule has 0 aliphatic rings. The van der Waals surface area contributed by atoms with Gasteiger partial charge in [0.1, 0.15) is 0 Å². The van der Waals surface area contributed by atoms with Gasteiger partial charge in [-0.2, -0.15) is 0 Å². The Morgan fingerprint density at radius 1 is 1.70 bits per heavy atom. The van der Waals surface area contributed by atoms with Crippen molar-refractivity contribution in [3.05, 3.63) is 0 Å². The van der Waals surface area contributed by atoms with Gasteiger partial charge < -0.3 is 0 Å². The molecule has 0 N–H and O–H groups in total. The maximum atomic E-state index is 11.9. The summed E-state index contributed by atoms with van der Waals surface area (Å²) in [4.78, 5) is 22.0. The average molecular weight is 149 g/mol. The van der Waals surface area contributed by atoms with Crippen LogP contribution in [-0.2, 0) is 9.59 Å². The second-order valence-corrected chi connectivity index (χ2v) is 1.84. The van der Waals surface area contributed by atoms with Gasteiger partial charge in [-0.25, -0.2) is 13.6 Å². The van der Waals surface area contributed by atoms with E-state index in [1.54, 1.807) is 0 Å². The lowest BCUT2D eigenvalue weighted by molar-refractivity contribution is -0.123. The van der Waals surface area contributed by atoms with Crippen molar-refractivity contribution in [1.29, 1.82) is 0 Å². The Hall–Kier alpha value is -1.09. The first kappa shape index (κ1) is 8.91. The van der Waals surface area contributed by atoms with E-state index in [9.17, 15) is 18.4 Å². The number of nitrogens with zero attached hydrogens (tertiary/aromatic N) is 1. The van der Waals surface area contributed by atoms with E-state index in [1.807, 2.05) is 0 Å². The summed E-state index contributed by atoms with van der Waals surface area (Å²) in [6, 6.07) is 0. The van der Waals surface area contributed by atoms with E-state index < -0.39 is 18.3 Å². The summed E-state index contributed by atoms with van der Waals surface area (Å²) >= 11 is 0. The van der Waals surface area contributed by atoms with Gasteiger partial charge in [0.2, 0.25) is 6.08 Å². The molecule has 0 saturated carbocycles. The molecule has 0 bridgehead atoms. The molecule has 0 aromatic carbocycles. The van der Waals surface area contributed by atoms with E-state index in [1.165, 1.54) is 0 Å². The zero-order valence-electron chi connectivity index (χ0n) is 5.23. The van der Waals surface area contributed by atoms with Gasteiger partial charge in [0.25, 0.3) is 11.8 Å². The quantitative estimate of drug-likeness (QED) is 0.432. The fourth-order valence-electron chi connectivity index (χ4n) is 0.356. The first-order chi connectivity index (χ1) is 4.45. The van der Waals surface area contributed by atoms with Gasteiger partial charge in [-0.1, -0.05) is 0 Å². The minimum Gasteiger partial charge on any atom is -0.272 e. The molecular weight excluding hydrogens is 144 g/mol. The topological polar surface area (TPSA) is 46.5 Å². The lowest BCUT2D eigenvalue weighted by Crippen LogP contribution is -2.14. The monoisotopic (exact) mass is 149 g/mol. The van der Waals surface area contributed by atoms with Gasteiger partial charge in [-0.05, 0) is 6.92 Å². The largest absolute Gasteiger partial charge is 0.272 e. The number of isocyanates is 1. The summed E-state index contributed by atoms with van der Waals surface area (Å²) in [5.41, 5.74) is 0. The van der Waals surface area contributed by atoms with Crippen LogP contribution in [0.1, 0.15) is 13.3 Å². The molecule has 56 valence electrons. The SMILES string of the molecule is CC(F)(F)CC(=O)N=C=O. The molecule has 0 saturated heterocycles. The maximum absolute atomic E-state index is 11.9. The Bertz CT molecular complexity index is 179. The van der Waals surface area contributed by atoms with Gasteiger partial charge in [0, 0.05) is 0 Å². The predicted octanol–water partition coefficient (Wildman–Crippen LogP) is 0.894. The third kappa shape index (κ3) is 5.05. The van der Waals surface area contributed by atoms with E-state index in [-0.39, 0.29) is 0 Å². The average Bonchev–Trinajstić information content (AvgIpc) is 1.59. The molecule has 0 atom stereocenters.